The molecule has 2 aliphatic rings. The van der Waals surface area contributed by atoms with E-state index in [2.05, 4.69) is 47.9 Å². The number of aryl methyl sites for hydroxylation is 2. The molecule has 0 radical (unpaired) electrons. The summed E-state index contributed by atoms with van der Waals surface area (Å²) in [5.41, 5.74) is 5.41. The van der Waals surface area contributed by atoms with Crippen LogP contribution in [0.1, 0.15) is 55.1 Å². The van der Waals surface area contributed by atoms with Crippen molar-refractivity contribution in [2.75, 3.05) is 26.2 Å². The summed E-state index contributed by atoms with van der Waals surface area (Å²) in [5.74, 6) is 0. The molecule has 1 aromatic carbocycles. The Balaban J connectivity index is 1.66. The maximum atomic E-state index is 6.32. The monoisotopic (exact) mass is 383 g/mol. The van der Waals surface area contributed by atoms with Crippen molar-refractivity contribution in [1.82, 2.24) is 14.8 Å². The fraction of sp³-hybridized carbons (Fsp3) is 0.522. The minimum atomic E-state index is 0.250. The summed E-state index contributed by atoms with van der Waals surface area (Å²) in [5, 5.41) is 0.838. The molecule has 1 aliphatic carbocycles. The lowest BCUT2D eigenvalue weighted by Gasteiger charge is -2.42. The summed E-state index contributed by atoms with van der Waals surface area (Å²) >= 11 is 6.32. The summed E-state index contributed by atoms with van der Waals surface area (Å²) in [7, 11) is 0. The first kappa shape index (κ1) is 18.9. The molecule has 2 heterocycles. The second-order valence-corrected chi connectivity index (χ2v) is 8.27. The number of fused-ring (bicyclic) bond motifs is 2. The van der Waals surface area contributed by atoms with Gasteiger partial charge in [0.05, 0.1) is 11.7 Å². The summed E-state index contributed by atoms with van der Waals surface area (Å²) in [6.45, 7) is 9.11. The number of pyridine rings is 1. The number of aromatic nitrogens is 1. The first-order valence-electron chi connectivity index (χ1n) is 10.4. The minimum Gasteiger partial charge on any atom is -0.298 e. The van der Waals surface area contributed by atoms with Crippen molar-refractivity contribution < 1.29 is 0 Å². The zero-order valence-electron chi connectivity index (χ0n) is 16.5. The van der Waals surface area contributed by atoms with E-state index in [1.807, 2.05) is 12.3 Å². The van der Waals surface area contributed by atoms with Crippen LogP contribution in [0, 0.1) is 0 Å². The van der Waals surface area contributed by atoms with Crippen molar-refractivity contribution in [1.29, 1.82) is 0 Å². The Bertz CT molecular complexity index is 779. The highest BCUT2D eigenvalue weighted by Crippen LogP contribution is 2.37. The molecule has 1 atom stereocenters. The van der Waals surface area contributed by atoms with Crippen LogP contribution in [0.25, 0.3) is 0 Å². The van der Waals surface area contributed by atoms with Crippen LogP contribution >= 0.6 is 11.6 Å². The zero-order valence-corrected chi connectivity index (χ0v) is 17.3. The molecule has 144 valence electrons. The van der Waals surface area contributed by atoms with E-state index in [1.165, 1.54) is 35.2 Å². The molecule has 3 nitrogen and oxygen atoms in total. The van der Waals surface area contributed by atoms with Gasteiger partial charge in [-0.25, -0.2) is 0 Å². The molecule has 1 unspecified atom stereocenters. The van der Waals surface area contributed by atoms with Crippen LogP contribution < -0.4 is 0 Å². The van der Waals surface area contributed by atoms with Crippen molar-refractivity contribution in [2.24, 2.45) is 0 Å². The van der Waals surface area contributed by atoms with Crippen LogP contribution in [-0.4, -0.2) is 47.0 Å². The van der Waals surface area contributed by atoms with Gasteiger partial charge in [0.1, 0.15) is 0 Å². The first-order valence-corrected chi connectivity index (χ1v) is 10.8. The van der Waals surface area contributed by atoms with Gasteiger partial charge in [-0.2, -0.15) is 0 Å². The normalized spacial score (nSPS) is 21.0. The van der Waals surface area contributed by atoms with E-state index in [1.54, 1.807) is 0 Å². The van der Waals surface area contributed by atoms with Crippen LogP contribution in [0.15, 0.2) is 36.5 Å². The van der Waals surface area contributed by atoms with Gasteiger partial charge < -0.3 is 0 Å². The number of halogens is 1. The second-order valence-electron chi connectivity index (χ2n) is 7.84. The van der Waals surface area contributed by atoms with Gasteiger partial charge in [-0.15, -0.1) is 0 Å². The predicted octanol–water partition coefficient (Wildman–Crippen LogP) is 4.73. The number of benzene rings is 1. The van der Waals surface area contributed by atoms with Gasteiger partial charge in [0.2, 0.25) is 0 Å². The Labute approximate surface area is 168 Å². The molecule has 4 rings (SSSR count). The predicted molar refractivity (Wildman–Crippen MR) is 112 cm³/mol. The Hall–Kier alpha value is -1.42. The number of piperazine rings is 1. The fourth-order valence-electron chi connectivity index (χ4n) is 4.92. The van der Waals surface area contributed by atoms with Crippen LogP contribution in [0.5, 0.6) is 0 Å². The zero-order chi connectivity index (χ0) is 18.8. The third kappa shape index (κ3) is 3.78. The highest BCUT2D eigenvalue weighted by Gasteiger charge is 2.33. The van der Waals surface area contributed by atoms with E-state index in [9.17, 15) is 0 Å². The number of hydrogen-bond donors (Lipinski definition) is 0. The molecule has 0 saturated carbocycles. The number of rotatable bonds is 4. The lowest BCUT2D eigenvalue weighted by atomic mass is 9.96. The van der Waals surface area contributed by atoms with Gasteiger partial charge in [0.15, 0.2) is 0 Å². The number of hydrogen-bond acceptors (Lipinski definition) is 3. The van der Waals surface area contributed by atoms with Gasteiger partial charge in [-0.3, -0.25) is 14.8 Å². The van der Waals surface area contributed by atoms with Crippen LogP contribution in [0.2, 0.25) is 5.02 Å². The van der Waals surface area contributed by atoms with Gasteiger partial charge >= 0.3 is 0 Å². The van der Waals surface area contributed by atoms with Crippen LogP contribution in [0.3, 0.4) is 0 Å². The largest absolute Gasteiger partial charge is 0.298 e. The third-order valence-electron chi connectivity index (χ3n) is 6.42. The van der Waals surface area contributed by atoms with Gasteiger partial charge in [0, 0.05) is 43.4 Å². The fourth-order valence-corrected chi connectivity index (χ4v) is 5.11. The van der Waals surface area contributed by atoms with Crippen molar-refractivity contribution in [2.45, 2.75) is 51.6 Å². The van der Waals surface area contributed by atoms with Crippen molar-refractivity contribution in [3.63, 3.8) is 0 Å². The topological polar surface area (TPSA) is 19.4 Å². The smallest absolute Gasteiger partial charge is 0.0782 e. The Morgan fingerprint density at radius 1 is 1.04 bits per heavy atom. The van der Waals surface area contributed by atoms with Crippen molar-refractivity contribution in [3.05, 3.63) is 63.9 Å². The molecule has 2 aromatic rings. The number of nitrogens with zero attached hydrogens (tertiary/aromatic N) is 3. The molecule has 0 N–H and O–H groups in total. The van der Waals surface area contributed by atoms with Crippen LogP contribution in [-0.2, 0) is 12.8 Å². The Morgan fingerprint density at radius 2 is 1.78 bits per heavy atom. The summed E-state index contributed by atoms with van der Waals surface area (Å²) in [6.07, 6.45) is 6.52. The quantitative estimate of drug-likeness (QED) is 0.760. The van der Waals surface area contributed by atoms with Crippen molar-refractivity contribution >= 4 is 11.6 Å². The van der Waals surface area contributed by atoms with Crippen LogP contribution in [0.4, 0.5) is 0 Å². The third-order valence-corrected chi connectivity index (χ3v) is 6.66. The maximum Gasteiger partial charge on any atom is 0.0782 e. The highest BCUT2D eigenvalue weighted by molar-refractivity contribution is 6.30. The minimum absolute atomic E-state index is 0.250. The molecule has 0 spiro atoms. The second kappa shape index (κ2) is 8.30. The molecule has 4 heteroatoms. The molecule has 0 amide bonds. The van der Waals surface area contributed by atoms with E-state index in [4.69, 9.17) is 16.6 Å². The Kier molecular flexibility index (Phi) is 5.82. The lowest BCUT2D eigenvalue weighted by molar-refractivity contribution is 0.0745. The molecular weight excluding hydrogens is 354 g/mol. The van der Waals surface area contributed by atoms with Gasteiger partial charge in [0.25, 0.3) is 0 Å². The SMILES string of the molecule is CCC(CC)N1CCN(C2c3ccc(Cl)cc3CCc3cccnc32)CC1. The summed E-state index contributed by atoms with van der Waals surface area (Å²) in [6, 6.07) is 11.7. The van der Waals surface area contributed by atoms with E-state index in [0.717, 1.165) is 50.1 Å². The first-order chi connectivity index (χ1) is 13.2. The van der Waals surface area contributed by atoms with Gasteiger partial charge in [-0.1, -0.05) is 37.6 Å². The molecule has 1 aliphatic heterocycles. The average molecular weight is 384 g/mol. The molecule has 27 heavy (non-hydrogen) atoms. The molecular formula is C23H30ClN3. The van der Waals surface area contributed by atoms with Gasteiger partial charge in [-0.05, 0) is 60.6 Å². The summed E-state index contributed by atoms with van der Waals surface area (Å²) < 4.78 is 0. The molecule has 1 saturated heterocycles. The highest BCUT2D eigenvalue weighted by atomic mass is 35.5. The van der Waals surface area contributed by atoms with E-state index in [-0.39, 0.29) is 6.04 Å². The molecule has 0 bridgehead atoms. The lowest BCUT2D eigenvalue weighted by Crippen LogP contribution is -2.51. The Morgan fingerprint density at radius 3 is 2.52 bits per heavy atom. The molecule has 1 fully saturated rings. The van der Waals surface area contributed by atoms with E-state index >= 15 is 0 Å². The maximum absolute atomic E-state index is 6.32. The molecule has 1 aromatic heterocycles. The van der Waals surface area contributed by atoms with E-state index in [0.29, 0.717) is 0 Å². The summed E-state index contributed by atoms with van der Waals surface area (Å²) in [4.78, 5) is 10.2. The van der Waals surface area contributed by atoms with E-state index < -0.39 is 0 Å². The standard InChI is InChI=1S/C23H30ClN3/c1-3-20(4-2)26-12-14-27(15-13-26)23-21-10-9-19(24)16-18(21)8-7-17-6-5-11-25-22(17)23/h5-6,9-11,16,20,23H,3-4,7-8,12-15H2,1-2H3. The average Bonchev–Trinajstić information content (AvgIpc) is 2.86. The van der Waals surface area contributed by atoms with Crippen molar-refractivity contribution in [3.8, 4) is 0 Å².